The molecule has 1 aliphatic heterocycles. The molecule has 2 aliphatic rings. The molecule has 0 spiro atoms. The second-order valence-corrected chi connectivity index (χ2v) is 8.14. The maximum atomic E-state index is 12.9. The fourth-order valence-corrected chi connectivity index (χ4v) is 4.20. The Labute approximate surface area is 145 Å². The zero-order valence-corrected chi connectivity index (χ0v) is 15.6. The highest BCUT2D eigenvalue weighted by Crippen LogP contribution is 2.60. The average Bonchev–Trinajstić information content (AvgIpc) is 2.91. The average molecular weight is 330 g/mol. The standard InChI is InChI=1S/C19H30N4O/c1-6-22-12-20-21-17(22)14-7-9-23(10-8-14)18(24)16-15(11-13(2)3)19(16,4)5/h11-12,14-16H,6-10H2,1-5H3. The van der Waals surface area contributed by atoms with E-state index in [2.05, 4.69) is 60.4 Å². The van der Waals surface area contributed by atoms with E-state index in [0.717, 1.165) is 38.3 Å². The second-order valence-electron chi connectivity index (χ2n) is 8.14. The van der Waals surface area contributed by atoms with E-state index in [1.54, 1.807) is 0 Å². The van der Waals surface area contributed by atoms with Crippen molar-refractivity contribution in [2.75, 3.05) is 13.1 Å². The second kappa shape index (κ2) is 6.34. The van der Waals surface area contributed by atoms with Crippen LogP contribution in [0.2, 0.25) is 0 Å². The van der Waals surface area contributed by atoms with E-state index in [4.69, 9.17) is 0 Å². The summed E-state index contributed by atoms with van der Waals surface area (Å²) in [6.45, 7) is 13.4. The lowest BCUT2D eigenvalue weighted by molar-refractivity contribution is -0.134. The van der Waals surface area contributed by atoms with E-state index in [9.17, 15) is 4.79 Å². The van der Waals surface area contributed by atoms with Gasteiger partial charge in [0.2, 0.25) is 5.91 Å². The van der Waals surface area contributed by atoms with Gasteiger partial charge in [0.15, 0.2) is 0 Å². The van der Waals surface area contributed by atoms with Crippen LogP contribution < -0.4 is 0 Å². The molecular formula is C19H30N4O. The van der Waals surface area contributed by atoms with Crippen LogP contribution in [0.25, 0.3) is 0 Å². The van der Waals surface area contributed by atoms with Crippen LogP contribution in [0, 0.1) is 17.3 Å². The van der Waals surface area contributed by atoms with Crippen LogP contribution in [0.3, 0.4) is 0 Å². The molecule has 2 unspecified atom stereocenters. The topological polar surface area (TPSA) is 51.0 Å². The normalized spacial score (nSPS) is 26.3. The summed E-state index contributed by atoms with van der Waals surface area (Å²) in [5.41, 5.74) is 1.41. The molecule has 1 saturated carbocycles. The molecule has 132 valence electrons. The Morgan fingerprint density at radius 3 is 2.58 bits per heavy atom. The Bertz CT molecular complexity index is 634. The summed E-state index contributed by atoms with van der Waals surface area (Å²) in [6, 6.07) is 0. The van der Waals surface area contributed by atoms with E-state index in [1.165, 1.54) is 5.57 Å². The minimum absolute atomic E-state index is 0.105. The maximum Gasteiger partial charge on any atom is 0.226 e. The van der Waals surface area contributed by atoms with Gasteiger partial charge in [0, 0.05) is 25.6 Å². The number of hydrogen-bond donors (Lipinski definition) is 0. The minimum Gasteiger partial charge on any atom is -0.342 e. The first-order valence-electron chi connectivity index (χ1n) is 9.17. The number of amides is 1. The van der Waals surface area contributed by atoms with Gasteiger partial charge >= 0.3 is 0 Å². The molecule has 0 bridgehead atoms. The van der Waals surface area contributed by atoms with E-state index in [0.29, 0.717) is 17.7 Å². The van der Waals surface area contributed by atoms with E-state index in [1.807, 2.05) is 6.33 Å². The van der Waals surface area contributed by atoms with Gasteiger partial charge in [-0.25, -0.2) is 0 Å². The third-order valence-electron chi connectivity index (χ3n) is 5.85. The first-order chi connectivity index (χ1) is 11.4. The van der Waals surface area contributed by atoms with Crippen LogP contribution in [-0.4, -0.2) is 38.7 Å². The van der Waals surface area contributed by atoms with Crippen molar-refractivity contribution < 1.29 is 4.79 Å². The molecule has 2 fully saturated rings. The zero-order chi connectivity index (χ0) is 17.5. The van der Waals surface area contributed by atoms with Crippen molar-refractivity contribution in [1.29, 1.82) is 0 Å². The van der Waals surface area contributed by atoms with Crippen LogP contribution in [0.15, 0.2) is 18.0 Å². The largest absolute Gasteiger partial charge is 0.342 e. The SMILES string of the molecule is CCn1cnnc1C1CCN(C(=O)C2C(C=C(C)C)C2(C)C)CC1. The molecular weight excluding hydrogens is 300 g/mol. The van der Waals surface area contributed by atoms with Crippen molar-refractivity contribution in [3.63, 3.8) is 0 Å². The molecule has 1 saturated heterocycles. The number of carbonyl (C=O) groups excluding carboxylic acids is 1. The summed E-state index contributed by atoms with van der Waals surface area (Å²) in [6.07, 6.45) is 6.07. The summed E-state index contributed by atoms with van der Waals surface area (Å²) in [7, 11) is 0. The highest BCUT2D eigenvalue weighted by Gasteiger charge is 2.61. The number of aromatic nitrogens is 3. The van der Waals surface area contributed by atoms with Gasteiger partial charge in [-0.3, -0.25) is 4.79 Å². The van der Waals surface area contributed by atoms with Crippen molar-refractivity contribution >= 4 is 5.91 Å². The van der Waals surface area contributed by atoms with Gasteiger partial charge in [-0.15, -0.1) is 10.2 Å². The lowest BCUT2D eigenvalue weighted by Crippen LogP contribution is -2.40. The lowest BCUT2D eigenvalue weighted by atomic mass is 9.95. The maximum absolute atomic E-state index is 12.9. The van der Waals surface area contributed by atoms with Crippen molar-refractivity contribution in [1.82, 2.24) is 19.7 Å². The number of carbonyl (C=O) groups is 1. The van der Waals surface area contributed by atoms with Gasteiger partial charge in [0.25, 0.3) is 0 Å². The predicted molar refractivity (Wildman–Crippen MR) is 94.4 cm³/mol. The molecule has 0 aromatic carbocycles. The van der Waals surface area contributed by atoms with Gasteiger partial charge in [-0.2, -0.15) is 0 Å². The minimum atomic E-state index is 0.105. The Morgan fingerprint density at radius 1 is 1.33 bits per heavy atom. The number of aryl methyl sites for hydroxylation is 1. The number of allylic oxidation sites excluding steroid dienone is 2. The molecule has 24 heavy (non-hydrogen) atoms. The molecule has 5 nitrogen and oxygen atoms in total. The molecule has 0 N–H and O–H groups in total. The number of nitrogens with zero attached hydrogens (tertiary/aromatic N) is 4. The molecule has 1 amide bonds. The molecule has 1 aliphatic carbocycles. The zero-order valence-electron chi connectivity index (χ0n) is 15.6. The first kappa shape index (κ1) is 17.2. The third-order valence-corrected chi connectivity index (χ3v) is 5.85. The van der Waals surface area contributed by atoms with Crippen molar-refractivity contribution in [3.8, 4) is 0 Å². The van der Waals surface area contributed by atoms with E-state index in [-0.39, 0.29) is 11.3 Å². The van der Waals surface area contributed by atoms with Crippen LogP contribution >= 0.6 is 0 Å². The quantitative estimate of drug-likeness (QED) is 0.796. The van der Waals surface area contributed by atoms with Crippen molar-refractivity contribution in [3.05, 3.63) is 23.8 Å². The monoisotopic (exact) mass is 330 g/mol. The summed E-state index contributed by atoms with van der Waals surface area (Å²) < 4.78 is 2.12. The van der Waals surface area contributed by atoms with Crippen LogP contribution in [0.4, 0.5) is 0 Å². The van der Waals surface area contributed by atoms with Crippen LogP contribution in [0.5, 0.6) is 0 Å². The summed E-state index contributed by atoms with van der Waals surface area (Å²) in [5, 5.41) is 8.34. The molecule has 1 aromatic heterocycles. The Morgan fingerprint density at radius 2 is 2.00 bits per heavy atom. The van der Waals surface area contributed by atoms with E-state index < -0.39 is 0 Å². The summed E-state index contributed by atoms with van der Waals surface area (Å²) >= 11 is 0. The van der Waals surface area contributed by atoms with Gasteiger partial charge in [0.05, 0.1) is 5.92 Å². The fourth-order valence-electron chi connectivity index (χ4n) is 4.20. The molecule has 2 atom stereocenters. The first-order valence-corrected chi connectivity index (χ1v) is 9.17. The predicted octanol–water partition coefficient (Wildman–Crippen LogP) is 3.24. The summed E-state index contributed by atoms with van der Waals surface area (Å²) in [5.74, 6) is 2.41. The van der Waals surface area contributed by atoms with Crippen LogP contribution in [0.1, 0.15) is 59.2 Å². The van der Waals surface area contributed by atoms with Gasteiger partial charge in [-0.05, 0) is 44.9 Å². The fraction of sp³-hybridized carbons (Fsp3) is 0.737. The number of rotatable bonds is 4. The van der Waals surface area contributed by atoms with Crippen molar-refractivity contribution in [2.24, 2.45) is 17.3 Å². The van der Waals surface area contributed by atoms with Gasteiger partial charge < -0.3 is 9.47 Å². The highest BCUT2D eigenvalue weighted by molar-refractivity contribution is 5.84. The summed E-state index contributed by atoms with van der Waals surface area (Å²) in [4.78, 5) is 15.0. The van der Waals surface area contributed by atoms with Gasteiger partial charge in [-0.1, -0.05) is 25.5 Å². The van der Waals surface area contributed by atoms with Crippen LogP contribution in [-0.2, 0) is 11.3 Å². The molecule has 2 heterocycles. The Hall–Kier alpha value is -1.65. The molecule has 3 rings (SSSR count). The number of hydrogen-bond acceptors (Lipinski definition) is 3. The number of likely N-dealkylation sites (tertiary alicyclic amines) is 1. The molecule has 0 radical (unpaired) electrons. The Balaban J connectivity index is 1.61. The van der Waals surface area contributed by atoms with E-state index >= 15 is 0 Å². The highest BCUT2D eigenvalue weighted by atomic mass is 16.2. The molecule has 1 aromatic rings. The number of piperidine rings is 1. The molecule has 5 heteroatoms. The third kappa shape index (κ3) is 3.01. The smallest absolute Gasteiger partial charge is 0.226 e. The Kier molecular flexibility index (Phi) is 4.54. The lowest BCUT2D eigenvalue weighted by Gasteiger charge is -2.32. The van der Waals surface area contributed by atoms with Gasteiger partial charge in [0.1, 0.15) is 12.2 Å². The van der Waals surface area contributed by atoms with Crippen molar-refractivity contribution in [2.45, 2.75) is 59.9 Å².